The van der Waals surface area contributed by atoms with Crippen molar-refractivity contribution in [2.75, 3.05) is 6.61 Å². The van der Waals surface area contributed by atoms with E-state index in [4.69, 9.17) is 27.9 Å². The Bertz CT molecular complexity index is 746. The van der Waals surface area contributed by atoms with Crippen LogP contribution in [0.2, 0.25) is 10.0 Å². The minimum atomic E-state index is -3.74. The van der Waals surface area contributed by atoms with Crippen LogP contribution in [0.5, 0.6) is 5.88 Å². The van der Waals surface area contributed by atoms with Crippen LogP contribution in [0.25, 0.3) is 0 Å². The largest absolute Gasteiger partial charge is 0.478 e. The van der Waals surface area contributed by atoms with Gasteiger partial charge in [0.2, 0.25) is 15.9 Å². The first-order chi connectivity index (χ1) is 10.4. The summed E-state index contributed by atoms with van der Waals surface area (Å²) in [5.41, 5.74) is 0.640. The molecule has 0 aliphatic carbocycles. The summed E-state index contributed by atoms with van der Waals surface area (Å²) in [4.78, 5) is 4.08. The van der Waals surface area contributed by atoms with E-state index in [1.165, 1.54) is 18.2 Å². The van der Waals surface area contributed by atoms with Gasteiger partial charge in [0.25, 0.3) is 0 Å². The van der Waals surface area contributed by atoms with Crippen molar-refractivity contribution in [1.82, 2.24) is 9.71 Å². The molecule has 0 saturated heterocycles. The molecule has 2 rings (SSSR count). The summed E-state index contributed by atoms with van der Waals surface area (Å²) in [6, 6.07) is 7.59. The molecule has 0 bridgehead atoms. The van der Waals surface area contributed by atoms with E-state index in [1.807, 2.05) is 6.92 Å². The molecule has 1 aromatic heterocycles. The maximum Gasteiger partial charge on any atom is 0.240 e. The molecule has 0 spiro atoms. The zero-order valence-electron chi connectivity index (χ0n) is 11.7. The van der Waals surface area contributed by atoms with E-state index in [1.54, 1.807) is 18.3 Å². The Morgan fingerprint density at radius 1 is 1.23 bits per heavy atom. The molecule has 0 aliphatic heterocycles. The van der Waals surface area contributed by atoms with Crippen LogP contribution in [-0.2, 0) is 16.6 Å². The molecule has 0 atom stereocenters. The van der Waals surface area contributed by atoms with E-state index in [2.05, 4.69) is 9.71 Å². The number of aromatic nitrogens is 1. The van der Waals surface area contributed by atoms with Crippen LogP contribution in [0.3, 0.4) is 0 Å². The Balaban J connectivity index is 2.20. The van der Waals surface area contributed by atoms with Crippen LogP contribution in [-0.4, -0.2) is 20.0 Å². The van der Waals surface area contributed by atoms with Crippen molar-refractivity contribution in [3.05, 3.63) is 52.1 Å². The number of rotatable bonds is 6. The van der Waals surface area contributed by atoms with Crippen molar-refractivity contribution in [2.45, 2.75) is 18.4 Å². The Labute approximate surface area is 139 Å². The molecule has 0 unspecified atom stereocenters. The predicted octanol–water partition coefficient (Wildman–Crippen LogP) is 3.27. The molecule has 22 heavy (non-hydrogen) atoms. The van der Waals surface area contributed by atoms with Gasteiger partial charge in [-0.3, -0.25) is 0 Å². The fourth-order valence-electron chi connectivity index (χ4n) is 1.77. The summed E-state index contributed by atoms with van der Waals surface area (Å²) in [5, 5.41) is 0.508. The molecular formula is C14H14Cl2N2O3S. The van der Waals surface area contributed by atoms with Gasteiger partial charge in [-0.15, -0.1) is 0 Å². The van der Waals surface area contributed by atoms with Crippen molar-refractivity contribution in [3.63, 3.8) is 0 Å². The van der Waals surface area contributed by atoms with E-state index < -0.39 is 10.0 Å². The highest BCUT2D eigenvalue weighted by Crippen LogP contribution is 2.23. The van der Waals surface area contributed by atoms with E-state index in [-0.39, 0.29) is 21.5 Å². The summed E-state index contributed by atoms with van der Waals surface area (Å²) in [5.74, 6) is 0.400. The fourth-order valence-corrected chi connectivity index (χ4v) is 3.50. The van der Waals surface area contributed by atoms with Crippen molar-refractivity contribution >= 4 is 33.2 Å². The fraction of sp³-hybridized carbons (Fsp3) is 0.214. The number of sulfonamides is 1. The highest BCUT2D eigenvalue weighted by atomic mass is 35.5. The molecule has 8 heteroatoms. The second kappa shape index (κ2) is 7.28. The first-order valence-electron chi connectivity index (χ1n) is 6.45. The SMILES string of the molecule is CCOc1ncccc1CNS(=O)(=O)c1cc(Cl)cc(Cl)c1. The lowest BCUT2D eigenvalue weighted by molar-refractivity contribution is 0.322. The normalized spacial score (nSPS) is 11.4. The average molecular weight is 361 g/mol. The van der Waals surface area contributed by atoms with E-state index in [0.717, 1.165) is 0 Å². The number of halogens is 2. The van der Waals surface area contributed by atoms with Gasteiger partial charge in [-0.2, -0.15) is 0 Å². The monoisotopic (exact) mass is 360 g/mol. The third kappa shape index (κ3) is 4.33. The predicted molar refractivity (Wildman–Crippen MR) is 85.9 cm³/mol. The molecule has 1 aromatic carbocycles. The second-order valence-electron chi connectivity index (χ2n) is 4.33. The Morgan fingerprint density at radius 3 is 2.55 bits per heavy atom. The summed E-state index contributed by atoms with van der Waals surface area (Å²) >= 11 is 11.7. The van der Waals surface area contributed by atoms with Crippen molar-refractivity contribution in [3.8, 4) is 5.88 Å². The lowest BCUT2D eigenvalue weighted by Gasteiger charge is -2.10. The average Bonchev–Trinajstić information content (AvgIpc) is 2.46. The summed E-state index contributed by atoms with van der Waals surface area (Å²) in [7, 11) is -3.74. The van der Waals surface area contributed by atoms with Gasteiger partial charge in [-0.05, 0) is 31.2 Å². The third-order valence-corrected chi connectivity index (χ3v) is 4.55. The molecule has 1 N–H and O–H groups in total. The first-order valence-corrected chi connectivity index (χ1v) is 8.68. The molecule has 0 saturated carbocycles. The van der Waals surface area contributed by atoms with Gasteiger partial charge < -0.3 is 4.74 Å². The summed E-state index contributed by atoms with van der Waals surface area (Å²) in [6.07, 6.45) is 1.58. The third-order valence-electron chi connectivity index (χ3n) is 2.73. The molecule has 0 amide bonds. The Kier molecular flexibility index (Phi) is 5.63. The standard InChI is InChI=1S/C14H14Cl2N2O3S/c1-2-21-14-10(4-3-5-17-14)9-18-22(19,20)13-7-11(15)6-12(16)8-13/h3-8,18H,2,9H2,1H3. The first kappa shape index (κ1) is 17.0. The van der Waals surface area contributed by atoms with E-state index in [0.29, 0.717) is 18.1 Å². The van der Waals surface area contributed by atoms with E-state index >= 15 is 0 Å². The summed E-state index contributed by atoms with van der Waals surface area (Å²) in [6.45, 7) is 2.33. The maximum absolute atomic E-state index is 12.3. The molecule has 0 radical (unpaired) electrons. The van der Waals surface area contributed by atoms with Gasteiger partial charge in [0.05, 0.1) is 11.5 Å². The lowest BCUT2D eigenvalue weighted by atomic mass is 10.3. The Morgan fingerprint density at radius 2 is 1.91 bits per heavy atom. The number of benzene rings is 1. The van der Waals surface area contributed by atoms with Gasteiger partial charge in [-0.1, -0.05) is 29.3 Å². The zero-order valence-corrected chi connectivity index (χ0v) is 14.0. The highest BCUT2D eigenvalue weighted by Gasteiger charge is 2.16. The molecule has 0 aliphatic rings. The van der Waals surface area contributed by atoms with Crippen molar-refractivity contribution in [1.29, 1.82) is 0 Å². The molecule has 118 valence electrons. The lowest BCUT2D eigenvalue weighted by Crippen LogP contribution is -2.23. The van der Waals surface area contributed by atoms with Gasteiger partial charge in [-0.25, -0.2) is 18.1 Å². The molecule has 0 fully saturated rings. The zero-order chi connectivity index (χ0) is 16.2. The molecular weight excluding hydrogens is 347 g/mol. The van der Waals surface area contributed by atoms with Crippen LogP contribution >= 0.6 is 23.2 Å². The van der Waals surface area contributed by atoms with Crippen LogP contribution in [0.15, 0.2) is 41.4 Å². The summed E-state index contributed by atoms with van der Waals surface area (Å²) < 4.78 is 32.4. The van der Waals surface area contributed by atoms with E-state index in [9.17, 15) is 8.42 Å². The number of pyridine rings is 1. The van der Waals surface area contributed by atoms with Crippen LogP contribution in [0.1, 0.15) is 12.5 Å². The van der Waals surface area contributed by atoms with Crippen LogP contribution in [0.4, 0.5) is 0 Å². The van der Waals surface area contributed by atoms with Gasteiger partial charge in [0, 0.05) is 28.4 Å². The highest BCUT2D eigenvalue weighted by molar-refractivity contribution is 7.89. The van der Waals surface area contributed by atoms with Crippen molar-refractivity contribution in [2.24, 2.45) is 0 Å². The number of nitrogens with one attached hydrogen (secondary N) is 1. The number of hydrogen-bond donors (Lipinski definition) is 1. The maximum atomic E-state index is 12.3. The quantitative estimate of drug-likeness (QED) is 0.858. The molecule has 1 heterocycles. The molecule has 2 aromatic rings. The second-order valence-corrected chi connectivity index (χ2v) is 6.97. The van der Waals surface area contributed by atoms with Gasteiger partial charge in [0.15, 0.2) is 0 Å². The Hall–Kier alpha value is -1.34. The van der Waals surface area contributed by atoms with Crippen molar-refractivity contribution < 1.29 is 13.2 Å². The topological polar surface area (TPSA) is 68.3 Å². The van der Waals surface area contributed by atoms with Gasteiger partial charge in [0.1, 0.15) is 0 Å². The van der Waals surface area contributed by atoms with Gasteiger partial charge >= 0.3 is 0 Å². The smallest absolute Gasteiger partial charge is 0.240 e. The van der Waals surface area contributed by atoms with Crippen LogP contribution in [0, 0.1) is 0 Å². The molecule has 5 nitrogen and oxygen atoms in total. The van der Waals surface area contributed by atoms with Crippen LogP contribution < -0.4 is 9.46 Å². The number of hydrogen-bond acceptors (Lipinski definition) is 4. The number of ether oxygens (including phenoxy) is 1. The number of nitrogens with zero attached hydrogens (tertiary/aromatic N) is 1. The minimum absolute atomic E-state index is 0.00634. The minimum Gasteiger partial charge on any atom is -0.478 e.